The van der Waals surface area contributed by atoms with Crippen molar-refractivity contribution < 1.29 is 14.3 Å². The average molecular weight is 282 g/mol. The van der Waals surface area contributed by atoms with Gasteiger partial charge in [-0.25, -0.2) is 9.18 Å². The van der Waals surface area contributed by atoms with E-state index in [1.54, 1.807) is 18.2 Å². The number of aromatic nitrogens is 2. The van der Waals surface area contributed by atoms with Gasteiger partial charge in [0.05, 0.1) is 11.2 Å². The minimum Gasteiger partial charge on any atom is -0.478 e. The number of nitrogens with zero attached hydrogens (tertiary/aromatic N) is 1. The van der Waals surface area contributed by atoms with Crippen LogP contribution in [0.1, 0.15) is 5.56 Å². The molecule has 0 saturated carbocycles. The average Bonchev–Trinajstić information content (AvgIpc) is 2.89. The van der Waals surface area contributed by atoms with Crippen LogP contribution in [0, 0.1) is 5.82 Å². The lowest BCUT2D eigenvalue weighted by Crippen LogP contribution is -1.85. The van der Waals surface area contributed by atoms with Gasteiger partial charge in [0.15, 0.2) is 0 Å². The number of aromatic amines is 1. The third-order valence-corrected chi connectivity index (χ3v) is 3.12. The van der Waals surface area contributed by atoms with E-state index in [1.807, 2.05) is 12.1 Å². The maximum absolute atomic E-state index is 13.0. The number of H-pyrrole nitrogens is 1. The lowest BCUT2D eigenvalue weighted by Gasteiger charge is -1.99. The highest BCUT2D eigenvalue weighted by molar-refractivity contribution is 5.95. The first-order valence-electron chi connectivity index (χ1n) is 6.28. The zero-order chi connectivity index (χ0) is 14.8. The second kappa shape index (κ2) is 5.20. The third-order valence-electron chi connectivity index (χ3n) is 3.12. The van der Waals surface area contributed by atoms with E-state index in [2.05, 4.69) is 10.2 Å². The third kappa shape index (κ3) is 2.67. The van der Waals surface area contributed by atoms with Crippen molar-refractivity contribution in [3.05, 3.63) is 59.9 Å². The van der Waals surface area contributed by atoms with Gasteiger partial charge >= 0.3 is 5.97 Å². The number of rotatable bonds is 3. The fourth-order valence-electron chi connectivity index (χ4n) is 2.13. The Labute approximate surface area is 119 Å². The van der Waals surface area contributed by atoms with E-state index in [-0.39, 0.29) is 5.82 Å². The summed E-state index contributed by atoms with van der Waals surface area (Å²) in [6.07, 6.45) is 2.60. The lowest BCUT2D eigenvalue weighted by molar-refractivity contribution is -0.131. The molecule has 0 spiro atoms. The molecule has 2 N–H and O–H groups in total. The highest BCUT2D eigenvalue weighted by atomic mass is 19.1. The van der Waals surface area contributed by atoms with Crippen molar-refractivity contribution in [2.24, 2.45) is 0 Å². The summed E-state index contributed by atoms with van der Waals surface area (Å²) in [5.41, 5.74) is 3.09. The SMILES string of the molecule is O=C(O)/C=C/c1ccc2[nH]nc(-c3ccc(F)cc3)c2c1. The van der Waals surface area contributed by atoms with Gasteiger partial charge in [0, 0.05) is 17.0 Å². The van der Waals surface area contributed by atoms with Crippen molar-refractivity contribution in [3.63, 3.8) is 0 Å². The molecule has 0 amide bonds. The van der Waals surface area contributed by atoms with E-state index in [9.17, 15) is 9.18 Å². The lowest BCUT2D eigenvalue weighted by atomic mass is 10.1. The van der Waals surface area contributed by atoms with Gasteiger partial charge in [0.1, 0.15) is 5.82 Å². The van der Waals surface area contributed by atoms with Crippen LogP contribution in [0.15, 0.2) is 48.5 Å². The van der Waals surface area contributed by atoms with Gasteiger partial charge in [-0.3, -0.25) is 5.10 Å². The highest BCUT2D eigenvalue weighted by Gasteiger charge is 2.08. The predicted octanol–water partition coefficient (Wildman–Crippen LogP) is 3.47. The Balaban J connectivity index is 2.09. The van der Waals surface area contributed by atoms with Gasteiger partial charge in [0.2, 0.25) is 0 Å². The number of hydrogen-bond acceptors (Lipinski definition) is 2. The molecule has 1 aromatic heterocycles. The summed E-state index contributed by atoms with van der Waals surface area (Å²) in [5.74, 6) is -1.30. The molecule has 0 aliphatic heterocycles. The molecule has 0 fully saturated rings. The maximum Gasteiger partial charge on any atom is 0.328 e. The highest BCUT2D eigenvalue weighted by Crippen LogP contribution is 2.27. The summed E-state index contributed by atoms with van der Waals surface area (Å²) < 4.78 is 13.0. The van der Waals surface area contributed by atoms with Crippen LogP contribution in [-0.2, 0) is 4.79 Å². The Hall–Kier alpha value is -2.95. The van der Waals surface area contributed by atoms with E-state index >= 15 is 0 Å². The van der Waals surface area contributed by atoms with Crippen molar-refractivity contribution in [1.82, 2.24) is 10.2 Å². The molecule has 3 aromatic rings. The first-order valence-corrected chi connectivity index (χ1v) is 6.28. The smallest absolute Gasteiger partial charge is 0.328 e. The van der Waals surface area contributed by atoms with Crippen molar-refractivity contribution in [1.29, 1.82) is 0 Å². The van der Waals surface area contributed by atoms with E-state index < -0.39 is 5.97 Å². The van der Waals surface area contributed by atoms with Gasteiger partial charge < -0.3 is 5.11 Å². The standard InChI is InChI=1S/C16H11FN2O2/c17-12-5-3-11(4-6-12)16-13-9-10(2-8-15(20)21)1-7-14(13)18-19-16/h1-9H,(H,18,19)(H,20,21)/b8-2+. The Morgan fingerprint density at radius 2 is 1.95 bits per heavy atom. The molecule has 2 aromatic carbocycles. The number of nitrogens with one attached hydrogen (secondary N) is 1. The molecule has 0 radical (unpaired) electrons. The summed E-state index contributed by atoms with van der Waals surface area (Å²) in [6.45, 7) is 0. The Bertz CT molecular complexity index is 835. The second-order valence-corrected chi connectivity index (χ2v) is 4.56. The zero-order valence-corrected chi connectivity index (χ0v) is 10.9. The zero-order valence-electron chi connectivity index (χ0n) is 10.9. The van der Waals surface area contributed by atoms with Crippen LogP contribution in [0.4, 0.5) is 4.39 Å². The van der Waals surface area contributed by atoms with E-state index in [1.165, 1.54) is 18.2 Å². The van der Waals surface area contributed by atoms with E-state index in [0.717, 1.165) is 28.1 Å². The summed E-state index contributed by atoms with van der Waals surface area (Å²) in [5, 5.41) is 16.7. The Kier molecular flexibility index (Phi) is 3.23. The number of benzene rings is 2. The van der Waals surface area contributed by atoms with Crippen molar-refractivity contribution >= 4 is 22.9 Å². The van der Waals surface area contributed by atoms with Crippen LogP contribution >= 0.6 is 0 Å². The number of fused-ring (bicyclic) bond motifs is 1. The second-order valence-electron chi connectivity index (χ2n) is 4.56. The minimum absolute atomic E-state index is 0.302. The predicted molar refractivity (Wildman–Crippen MR) is 78.2 cm³/mol. The molecule has 3 rings (SSSR count). The Morgan fingerprint density at radius 3 is 2.67 bits per heavy atom. The Morgan fingerprint density at radius 1 is 1.19 bits per heavy atom. The number of carbonyl (C=O) groups is 1. The number of halogens is 1. The summed E-state index contributed by atoms with van der Waals surface area (Å²) in [7, 11) is 0. The molecule has 5 heteroatoms. The van der Waals surface area contributed by atoms with Crippen molar-refractivity contribution in [2.45, 2.75) is 0 Å². The van der Waals surface area contributed by atoms with Gasteiger partial charge in [0.25, 0.3) is 0 Å². The molecule has 0 atom stereocenters. The van der Waals surface area contributed by atoms with Crippen LogP contribution in [0.25, 0.3) is 28.2 Å². The number of carboxylic acids is 1. The quantitative estimate of drug-likeness (QED) is 0.723. The molecule has 0 aliphatic rings. The van der Waals surface area contributed by atoms with Crippen molar-refractivity contribution in [3.8, 4) is 11.3 Å². The summed E-state index contributed by atoms with van der Waals surface area (Å²) in [6, 6.07) is 11.5. The number of carboxylic acid groups (broad SMARTS) is 1. The largest absolute Gasteiger partial charge is 0.478 e. The van der Waals surface area contributed by atoms with E-state index in [0.29, 0.717) is 5.69 Å². The number of hydrogen-bond donors (Lipinski definition) is 2. The molecule has 0 aliphatic carbocycles. The van der Waals surface area contributed by atoms with Crippen LogP contribution < -0.4 is 0 Å². The van der Waals surface area contributed by atoms with Crippen LogP contribution in [0.5, 0.6) is 0 Å². The van der Waals surface area contributed by atoms with Gasteiger partial charge in [-0.2, -0.15) is 5.10 Å². The van der Waals surface area contributed by atoms with Crippen LogP contribution in [-0.4, -0.2) is 21.3 Å². The molecule has 0 unspecified atom stereocenters. The molecule has 21 heavy (non-hydrogen) atoms. The van der Waals surface area contributed by atoms with Crippen LogP contribution in [0.2, 0.25) is 0 Å². The monoisotopic (exact) mass is 282 g/mol. The molecule has 104 valence electrons. The maximum atomic E-state index is 13.0. The molecule has 0 bridgehead atoms. The molecular formula is C16H11FN2O2. The summed E-state index contributed by atoms with van der Waals surface area (Å²) >= 11 is 0. The van der Waals surface area contributed by atoms with E-state index in [4.69, 9.17) is 5.11 Å². The van der Waals surface area contributed by atoms with Gasteiger partial charge in [-0.1, -0.05) is 6.07 Å². The van der Waals surface area contributed by atoms with Crippen molar-refractivity contribution in [2.75, 3.05) is 0 Å². The fourth-order valence-corrected chi connectivity index (χ4v) is 2.13. The fraction of sp³-hybridized carbons (Fsp3) is 0. The normalized spacial score (nSPS) is 11.3. The first kappa shape index (κ1) is 13.1. The topological polar surface area (TPSA) is 66.0 Å². The summed E-state index contributed by atoms with van der Waals surface area (Å²) in [4.78, 5) is 10.6. The molecule has 0 saturated heterocycles. The minimum atomic E-state index is -0.999. The van der Waals surface area contributed by atoms with Crippen LogP contribution in [0.3, 0.4) is 0 Å². The molecule has 4 nitrogen and oxygen atoms in total. The number of aliphatic carboxylic acids is 1. The molecular weight excluding hydrogens is 271 g/mol. The first-order chi connectivity index (χ1) is 10.1. The van der Waals surface area contributed by atoms with Gasteiger partial charge in [-0.05, 0) is 48.0 Å². The van der Waals surface area contributed by atoms with Gasteiger partial charge in [-0.15, -0.1) is 0 Å². The molecule has 1 heterocycles.